The summed E-state index contributed by atoms with van der Waals surface area (Å²) >= 11 is 0. The molecule has 2 aromatic heterocycles. The summed E-state index contributed by atoms with van der Waals surface area (Å²) in [7, 11) is 0. The molecular weight excluding hydrogens is 745 g/mol. The van der Waals surface area contributed by atoms with E-state index in [1.807, 2.05) is 29.2 Å². The minimum Gasteiger partial charge on any atom is -0.488 e. The zero-order valence-electron chi connectivity index (χ0n) is 32.8. The summed E-state index contributed by atoms with van der Waals surface area (Å²) in [5.41, 5.74) is 2.24. The standard InChI is InChI=1S/C43H49F2N9O4/c1-42(12-13-42)58-28-2-4-32-30(18-28)39(50-49-32)33-19-36(47-25-46-33)53-16-10-27(11-17-53)21-51-23-43(45,24-51)20-26-8-14-52(15-9-26)34-5-3-29-31(38(34)44)22-54(41(29)57)35-6-7-37(55)48-40(35)56/h2-5,18-19,25-27,35H,6-17,20-24H2,1H3,(H,49,50)(H,48,55,56). The highest BCUT2D eigenvalue weighted by Crippen LogP contribution is 2.42. The Bertz CT molecular complexity index is 2270. The lowest BCUT2D eigenvalue weighted by molar-refractivity contribution is -0.136. The SMILES string of the molecule is CC1(Oc2ccc3[nH]nc(-c4cc(N5CCC(CN6CC(F)(CC7CCN(c8ccc9c(c8F)CN(C8CCC(=O)NC8=O)C9=O)CC7)C6)CC5)ncn4)c3c2)CC1. The van der Waals surface area contributed by atoms with Gasteiger partial charge in [0.1, 0.15) is 40.9 Å². The highest BCUT2D eigenvalue weighted by Gasteiger charge is 2.46. The van der Waals surface area contributed by atoms with Crippen molar-refractivity contribution in [3.8, 4) is 17.1 Å². The molecule has 58 heavy (non-hydrogen) atoms. The van der Waals surface area contributed by atoms with Crippen molar-refractivity contribution in [1.29, 1.82) is 0 Å². The second-order valence-electron chi connectivity index (χ2n) is 17.8. The molecule has 304 valence electrons. The van der Waals surface area contributed by atoms with Crippen LogP contribution in [0.2, 0.25) is 0 Å². The third kappa shape index (κ3) is 7.04. The van der Waals surface area contributed by atoms with Gasteiger partial charge in [-0.2, -0.15) is 5.10 Å². The van der Waals surface area contributed by atoms with E-state index in [-0.39, 0.29) is 48.3 Å². The van der Waals surface area contributed by atoms with Crippen molar-refractivity contribution < 1.29 is 27.9 Å². The van der Waals surface area contributed by atoms with Crippen LogP contribution in [-0.2, 0) is 16.1 Å². The van der Waals surface area contributed by atoms with Crippen LogP contribution in [0.3, 0.4) is 0 Å². The molecule has 7 heterocycles. The molecule has 1 saturated carbocycles. The lowest BCUT2D eigenvalue weighted by atomic mass is 9.80. The van der Waals surface area contributed by atoms with Crippen LogP contribution < -0.4 is 19.9 Å². The first-order valence-corrected chi connectivity index (χ1v) is 20.9. The van der Waals surface area contributed by atoms with Crippen molar-refractivity contribution >= 4 is 40.1 Å². The Morgan fingerprint density at radius 1 is 0.914 bits per heavy atom. The number of nitrogens with one attached hydrogen (secondary N) is 2. The van der Waals surface area contributed by atoms with Crippen LogP contribution in [0, 0.1) is 17.7 Å². The molecule has 3 amide bonds. The largest absolute Gasteiger partial charge is 0.488 e. The number of anilines is 2. The number of hydrogen-bond acceptors (Lipinski definition) is 10. The van der Waals surface area contributed by atoms with E-state index < -0.39 is 23.4 Å². The molecule has 4 aromatic rings. The number of piperidine rings is 3. The summed E-state index contributed by atoms with van der Waals surface area (Å²) < 4.78 is 38.1. The van der Waals surface area contributed by atoms with Gasteiger partial charge in [0.05, 0.1) is 23.4 Å². The lowest BCUT2D eigenvalue weighted by Crippen LogP contribution is -2.61. The predicted octanol–water partition coefficient (Wildman–Crippen LogP) is 5.40. The lowest BCUT2D eigenvalue weighted by Gasteiger charge is -2.48. The average Bonchev–Trinajstić information content (AvgIpc) is 3.62. The number of imide groups is 1. The van der Waals surface area contributed by atoms with Gasteiger partial charge < -0.3 is 19.4 Å². The molecular formula is C43H49F2N9O4. The fourth-order valence-corrected chi connectivity index (χ4v) is 9.92. The maximum Gasteiger partial charge on any atom is 0.255 e. The van der Waals surface area contributed by atoms with Gasteiger partial charge in [0.2, 0.25) is 11.8 Å². The first kappa shape index (κ1) is 37.1. The van der Waals surface area contributed by atoms with Crippen molar-refractivity contribution in [3.05, 3.63) is 59.7 Å². The molecule has 0 radical (unpaired) electrons. The molecule has 2 N–H and O–H groups in total. The van der Waals surface area contributed by atoms with E-state index in [9.17, 15) is 14.4 Å². The summed E-state index contributed by atoms with van der Waals surface area (Å²) in [5.74, 6) is 0.764. The molecule has 2 aromatic carbocycles. The number of carbonyl (C=O) groups is 3. The maximum absolute atomic E-state index is 16.0. The number of aromatic amines is 1. The van der Waals surface area contributed by atoms with E-state index in [2.05, 4.69) is 42.2 Å². The molecule has 1 aliphatic carbocycles. The van der Waals surface area contributed by atoms with Crippen LogP contribution in [0.15, 0.2) is 42.7 Å². The molecule has 10 rings (SSSR count). The smallest absolute Gasteiger partial charge is 0.255 e. The van der Waals surface area contributed by atoms with E-state index in [1.165, 1.54) is 4.90 Å². The Kier molecular flexibility index (Phi) is 9.14. The number of rotatable bonds is 10. The topological polar surface area (TPSA) is 140 Å². The van der Waals surface area contributed by atoms with E-state index in [1.54, 1.807) is 18.5 Å². The van der Waals surface area contributed by atoms with Gasteiger partial charge in [-0.25, -0.2) is 18.7 Å². The van der Waals surface area contributed by atoms with Crippen molar-refractivity contribution in [2.75, 3.05) is 55.6 Å². The normalized spacial score (nSPS) is 23.6. The first-order chi connectivity index (χ1) is 28.0. The summed E-state index contributed by atoms with van der Waals surface area (Å²) in [5, 5.41) is 11.0. The van der Waals surface area contributed by atoms with Crippen molar-refractivity contribution in [1.82, 2.24) is 35.3 Å². The monoisotopic (exact) mass is 793 g/mol. The van der Waals surface area contributed by atoms with E-state index in [4.69, 9.17) is 4.74 Å². The summed E-state index contributed by atoms with van der Waals surface area (Å²) in [6.07, 6.45) is 8.23. The molecule has 4 saturated heterocycles. The Labute approximate surface area is 335 Å². The maximum atomic E-state index is 16.0. The number of H-pyrrole nitrogens is 1. The minimum absolute atomic E-state index is 0.000804. The van der Waals surface area contributed by atoms with Crippen LogP contribution in [0.1, 0.15) is 80.6 Å². The Balaban J connectivity index is 0.684. The summed E-state index contributed by atoms with van der Waals surface area (Å²) in [4.78, 5) is 54.3. The molecule has 5 fully saturated rings. The van der Waals surface area contributed by atoms with Gasteiger partial charge in [-0.1, -0.05) is 0 Å². The van der Waals surface area contributed by atoms with Crippen LogP contribution >= 0.6 is 0 Å². The molecule has 0 bridgehead atoms. The van der Waals surface area contributed by atoms with Crippen molar-refractivity contribution in [2.45, 2.75) is 88.6 Å². The fourth-order valence-electron chi connectivity index (χ4n) is 9.92. The predicted molar refractivity (Wildman–Crippen MR) is 213 cm³/mol. The second kappa shape index (κ2) is 14.3. The number of fused-ring (bicyclic) bond motifs is 2. The minimum atomic E-state index is -1.19. The van der Waals surface area contributed by atoms with Crippen LogP contribution in [-0.4, -0.2) is 111 Å². The fraction of sp³-hybridized carbons (Fsp3) is 0.535. The number of benzene rings is 2. The summed E-state index contributed by atoms with van der Waals surface area (Å²) in [6, 6.07) is 10.6. The zero-order valence-corrected chi connectivity index (χ0v) is 32.8. The van der Waals surface area contributed by atoms with Crippen molar-refractivity contribution in [3.63, 3.8) is 0 Å². The van der Waals surface area contributed by atoms with E-state index in [0.29, 0.717) is 49.8 Å². The number of alkyl halides is 1. The average molecular weight is 794 g/mol. The second-order valence-corrected chi connectivity index (χ2v) is 17.8. The molecule has 5 aliphatic heterocycles. The third-order valence-electron chi connectivity index (χ3n) is 13.5. The molecule has 13 nitrogen and oxygen atoms in total. The van der Waals surface area contributed by atoms with Gasteiger partial charge >= 0.3 is 0 Å². The molecule has 0 spiro atoms. The Morgan fingerprint density at radius 3 is 2.43 bits per heavy atom. The van der Waals surface area contributed by atoms with Crippen LogP contribution in [0.5, 0.6) is 5.75 Å². The highest BCUT2D eigenvalue weighted by molar-refractivity contribution is 6.05. The highest BCUT2D eigenvalue weighted by atomic mass is 19.1. The van der Waals surface area contributed by atoms with Gasteiger partial charge in [-0.05, 0) is 100 Å². The first-order valence-electron chi connectivity index (χ1n) is 20.9. The van der Waals surface area contributed by atoms with E-state index >= 15 is 8.78 Å². The van der Waals surface area contributed by atoms with Gasteiger partial charge in [-0.15, -0.1) is 0 Å². The number of aromatic nitrogens is 4. The number of hydrogen-bond donors (Lipinski definition) is 2. The number of nitrogens with zero attached hydrogens (tertiary/aromatic N) is 7. The quantitative estimate of drug-likeness (QED) is 0.201. The van der Waals surface area contributed by atoms with Gasteiger partial charge in [-0.3, -0.25) is 29.7 Å². The molecule has 6 aliphatic rings. The van der Waals surface area contributed by atoms with Crippen molar-refractivity contribution in [2.24, 2.45) is 11.8 Å². The third-order valence-corrected chi connectivity index (χ3v) is 13.5. The Morgan fingerprint density at radius 2 is 1.67 bits per heavy atom. The van der Waals surface area contributed by atoms with Gasteiger partial charge in [0.25, 0.3) is 5.91 Å². The van der Waals surface area contributed by atoms with Crippen LogP contribution in [0.4, 0.5) is 20.3 Å². The van der Waals surface area contributed by atoms with Gasteiger partial charge in [0, 0.05) is 74.8 Å². The number of halogens is 2. The number of ether oxygens (including phenoxy) is 1. The number of likely N-dealkylation sites (tertiary alicyclic amines) is 1. The van der Waals surface area contributed by atoms with Crippen LogP contribution in [0.25, 0.3) is 22.3 Å². The number of carbonyl (C=O) groups excluding carboxylic acids is 3. The molecule has 1 unspecified atom stereocenters. The number of amides is 3. The van der Waals surface area contributed by atoms with E-state index in [0.717, 1.165) is 92.0 Å². The zero-order chi connectivity index (χ0) is 39.8. The Hall–Kier alpha value is -5.18. The molecule has 15 heteroatoms. The summed E-state index contributed by atoms with van der Waals surface area (Å²) in [6.45, 7) is 6.95. The van der Waals surface area contributed by atoms with Gasteiger partial charge in [0.15, 0.2) is 5.82 Å². The molecule has 1 atom stereocenters.